The normalized spacial score (nSPS) is 18.0. The second kappa shape index (κ2) is 6.96. The van der Waals surface area contributed by atoms with Crippen LogP contribution in [0.25, 0.3) is 0 Å². The largest absolute Gasteiger partial charge is 0.422 e. The molecular formula is C16H21N5O3. The van der Waals surface area contributed by atoms with E-state index in [4.69, 9.17) is 9.15 Å². The number of morpholine rings is 1. The molecule has 2 aromatic rings. The summed E-state index contributed by atoms with van der Waals surface area (Å²) in [4.78, 5) is 18.2. The van der Waals surface area contributed by atoms with E-state index in [0.717, 1.165) is 5.56 Å². The number of aryl methyl sites for hydroxylation is 1. The lowest BCUT2D eigenvalue weighted by molar-refractivity contribution is -0.0276. The monoisotopic (exact) mass is 331 g/mol. The van der Waals surface area contributed by atoms with Crippen molar-refractivity contribution in [2.24, 2.45) is 0 Å². The van der Waals surface area contributed by atoms with Gasteiger partial charge in [0, 0.05) is 18.7 Å². The molecule has 1 aliphatic rings. The van der Waals surface area contributed by atoms with Gasteiger partial charge >= 0.3 is 6.03 Å². The summed E-state index contributed by atoms with van der Waals surface area (Å²) >= 11 is 0. The highest BCUT2D eigenvalue weighted by Gasteiger charge is 2.29. The van der Waals surface area contributed by atoms with E-state index in [2.05, 4.69) is 20.5 Å². The fourth-order valence-corrected chi connectivity index (χ4v) is 2.39. The molecule has 3 rings (SSSR count). The first-order chi connectivity index (χ1) is 11.5. The van der Waals surface area contributed by atoms with Crippen LogP contribution in [0.15, 0.2) is 22.7 Å². The zero-order chi connectivity index (χ0) is 17.1. The third-order valence-electron chi connectivity index (χ3n) is 3.73. The van der Waals surface area contributed by atoms with E-state index in [1.54, 1.807) is 11.1 Å². The number of urea groups is 1. The van der Waals surface area contributed by atoms with Crippen LogP contribution >= 0.6 is 0 Å². The Morgan fingerprint density at radius 1 is 1.42 bits per heavy atom. The summed E-state index contributed by atoms with van der Waals surface area (Å²) in [6.07, 6.45) is 1.26. The average Bonchev–Trinajstić information content (AvgIpc) is 3.05. The van der Waals surface area contributed by atoms with Gasteiger partial charge in [0.2, 0.25) is 11.8 Å². The number of carbonyl (C=O) groups excluding carboxylic acids is 1. The fraction of sp³-hybridized carbons (Fsp3) is 0.500. The zero-order valence-corrected chi connectivity index (χ0v) is 14.0. The van der Waals surface area contributed by atoms with E-state index in [-0.39, 0.29) is 11.9 Å². The predicted molar refractivity (Wildman–Crippen MR) is 86.6 cm³/mol. The van der Waals surface area contributed by atoms with Crippen molar-refractivity contribution in [2.75, 3.05) is 25.0 Å². The quantitative estimate of drug-likeness (QED) is 0.929. The summed E-state index contributed by atoms with van der Waals surface area (Å²) in [5, 5.41) is 10.9. The van der Waals surface area contributed by atoms with E-state index in [9.17, 15) is 4.79 Å². The maximum atomic E-state index is 12.4. The lowest BCUT2D eigenvalue weighted by Crippen LogP contribution is -2.44. The standard InChI is InChI=1S/C16H21N5O3/c1-10(2)14-19-20-15(24-14)12-9-21(6-7-23-12)16(22)18-13-8-11(3)4-5-17-13/h4-5,8,10,12H,6-7,9H2,1-3H3,(H,17,18,22)/t12-/m1/s1. The van der Waals surface area contributed by atoms with Crippen LogP contribution in [0.5, 0.6) is 0 Å². The van der Waals surface area contributed by atoms with Crippen LogP contribution in [0.2, 0.25) is 0 Å². The smallest absolute Gasteiger partial charge is 0.323 e. The Morgan fingerprint density at radius 2 is 2.25 bits per heavy atom. The Hall–Kier alpha value is -2.48. The lowest BCUT2D eigenvalue weighted by atomic mass is 10.2. The number of hydrogen-bond acceptors (Lipinski definition) is 6. The molecule has 0 aromatic carbocycles. The molecule has 0 aliphatic carbocycles. The summed E-state index contributed by atoms with van der Waals surface area (Å²) in [6.45, 7) is 7.18. The maximum Gasteiger partial charge on any atom is 0.323 e. The molecule has 1 N–H and O–H groups in total. The third-order valence-corrected chi connectivity index (χ3v) is 3.73. The SMILES string of the molecule is Cc1ccnc(NC(=O)N2CCO[C@@H](c3nnc(C(C)C)o3)C2)c1. The van der Waals surface area contributed by atoms with Gasteiger partial charge < -0.3 is 14.1 Å². The van der Waals surface area contributed by atoms with E-state index in [0.29, 0.717) is 37.3 Å². The Bertz CT molecular complexity index is 715. The van der Waals surface area contributed by atoms with Gasteiger partial charge in [-0.3, -0.25) is 5.32 Å². The number of carbonyl (C=O) groups is 1. The van der Waals surface area contributed by atoms with Crippen LogP contribution in [0.1, 0.15) is 43.2 Å². The van der Waals surface area contributed by atoms with Gasteiger partial charge in [-0.1, -0.05) is 13.8 Å². The molecule has 8 nitrogen and oxygen atoms in total. The minimum Gasteiger partial charge on any atom is -0.422 e. The van der Waals surface area contributed by atoms with Gasteiger partial charge in [-0.05, 0) is 24.6 Å². The van der Waals surface area contributed by atoms with E-state index in [1.165, 1.54) is 0 Å². The molecule has 24 heavy (non-hydrogen) atoms. The first kappa shape index (κ1) is 16.4. The minimum atomic E-state index is -0.407. The highest BCUT2D eigenvalue weighted by molar-refractivity contribution is 5.88. The molecule has 0 radical (unpaired) electrons. The molecule has 1 aliphatic heterocycles. The van der Waals surface area contributed by atoms with E-state index in [1.807, 2.05) is 32.9 Å². The van der Waals surface area contributed by atoms with Gasteiger partial charge in [0.1, 0.15) is 5.82 Å². The van der Waals surface area contributed by atoms with Crippen molar-refractivity contribution in [1.29, 1.82) is 0 Å². The van der Waals surface area contributed by atoms with Crippen LogP contribution in [0.3, 0.4) is 0 Å². The second-order valence-electron chi connectivity index (χ2n) is 6.09. The number of nitrogens with zero attached hydrogens (tertiary/aromatic N) is 4. The molecule has 128 valence electrons. The number of pyridine rings is 1. The van der Waals surface area contributed by atoms with Crippen molar-refractivity contribution < 1.29 is 13.9 Å². The Morgan fingerprint density at radius 3 is 2.96 bits per heavy atom. The molecule has 0 unspecified atom stereocenters. The highest BCUT2D eigenvalue weighted by Crippen LogP contribution is 2.23. The average molecular weight is 331 g/mol. The van der Waals surface area contributed by atoms with Crippen molar-refractivity contribution in [3.8, 4) is 0 Å². The number of amides is 2. The minimum absolute atomic E-state index is 0.154. The van der Waals surface area contributed by atoms with Crippen LogP contribution in [0.4, 0.5) is 10.6 Å². The molecule has 8 heteroatoms. The Balaban J connectivity index is 1.65. The van der Waals surface area contributed by atoms with Crippen molar-refractivity contribution in [3.63, 3.8) is 0 Å². The molecular weight excluding hydrogens is 310 g/mol. The molecule has 0 bridgehead atoms. The van der Waals surface area contributed by atoms with Gasteiger partial charge in [0.15, 0.2) is 6.10 Å². The number of ether oxygens (including phenoxy) is 1. The topological polar surface area (TPSA) is 93.4 Å². The van der Waals surface area contributed by atoms with Gasteiger partial charge in [0.05, 0.1) is 13.2 Å². The number of anilines is 1. The number of aromatic nitrogens is 3. The highest BCUT2D eigenvalue weighted by atomic mass is 16.5. The maximum absolute atomic E-state index is 12.4. The number of rotatable bonds is 3. The van der Waals surface area contributed by atoms with Gasteiger partial charge in [-0.25, -0.2) is 9.78 Å². The van der Waals surface area contributed by atoms with Crippen LogP contribution in [0, 0.1) is 6.92 Å². The van der Waals surface area contributed by atoms with Gasteiger partial charge in [0.25, 0.3) is 0 Å². The molecule has 2 aromatic heterocycles. The number of nitrogens with one attached hydrogen (secondary N) is 1. The van der Waals surface area contributed by atoms with Gasteiger partial charge in [-0.15, -0.1) is 10.2 Å². The molecule has 0 spiro atoms. The summed E-state index contributed by atoms with van der Waals surface area (Å²) in [5.41, 5.74) is 1.03. The molecule has 1 fully saturated rings. The third kappa shape index (κ3) is 3.70. The Kier molecular flexibility index (Phi) is 4.75. The molecule has 2 amide bonds. The van der Waals surface area contributed by atoms with E-state index < -0.39 is 6.10 Å². The lowest BCUT2D eigenvalue weighted by Gasteiger charge is -2.31. The van der Waals surface area contributed by atoms with Crippen molar-refractivity contribution in [3.05, 3.63) is 35.7 Å². The van der Waals surface area contributed by atoms with Crippen LogP contribution in [-0.4, -0.2) is 45.8 Å². The molecule has 1 saturated heterocycles. The Labute approximate surface area is 140 Å². The van der Waals surface area contributed by atoms with Crippen molar-refractivity contribution in [1.82, 2.24) is 20.1 Å². The summed E-state index contributed by atoms with van der Waals surface area (Å²) in [5.74, 6) is 1.66. The van der Waals surface area contributed by atoms with Crippen molar-refractivity contribution >= 4 is 11.8 Å². The van der Waals surface area contributed by atoms with Crippen LogP contribution < -0.4 is 5.32 Å². The fourth-order valence-electron chi connectivity index (χ4n) is 2.39. The molecule has 1 atom stereocenters. The zero-order valence-electron chi connectivity index (χ0n) is 14.0. The first-order valence-electron chi connectivity index (χ1n) is 7.96. The first-order valence-corrected chi connectivity index (χ1v) is 7.96. The summed E-state index contributed by atoms with van der Waals surface area (Å²) < 4.78 is 11.3. The predicted octanol–water partition coefficient (Wildman–Crippen LogP) is 2.50. The van der Waals surface area contributed by atoms with Crippen molar-refractivity contribution in [2.45, 2.75) is 32.8 Å². The second-order valence-corrected chi connectivity index (χ2v) is 6.09. The molecule has 3 heterocycles. The van der Waals surface area contributed by atoms with Crippen LogP contribution in [-0.2, 0) is 4.74 Å². The summed E-state index contributed by atoms with van der Waals surface area (Å²) in [6, 6.07) is 3.48. The van der Waals surface area contributed by atoms with Gasteiger partial charge in [-0.2, -0.15) is 0 Å². The van der Waals surface area contributed by atoms with E-state index >= 15 is 0 Å². The summed E-state index contributed by atoms with van der Waals surface area (Å²) in [7, 11) is 0. The molecule has 0 saturated carbocycles. The number of hydrogen-bond donors (Lipinski definition) is 1.